The molecule has 0 spiro atoms. The van der Waals surface area contributed by atoms with E-state index in [9.17, 15) is 0 Å². The second kappa shape index (κ2) is 2.86. The third kappa shape index (κ3) is 1.34. The molecule has 0 bridgehead atoms. The molecule has 4 heteroatoms. The first-order valence-electron chi connectivity index (χ1n) is 4.34. The summed E-state index contributed by atoms with van der Waals surface area (Å²) in [5, 5.41) is 3.84. The summed E-state index contributed by atoms with van der Waals surface area (Å²) in [5.41, 5.74) is 5.37. The van der Waals surface area contributed by atoms with Gasteiger partial charge in [0, 0.05) is 12.3 Å². The van der Waals surface area contributed by atoms with Crippen molar-refractivity contribution in [3.05, 3.63) is 11.7 Å². The lowest BCUT2D eigenvalue weighted by Gasteiger charge is -1.84. The van der Waals surface area contributed by atoms with Gasteiger partial charge in [-0.3, -0.25) is 0 Å². The average Bonchev–Trinajstić information content (AvgIpc) is 2.62. The van der Waals surface area contributed by atoms with Gasteiger partial charge in [0.05, 0.1) is 0 Å². The van der Waals surface area contributed by atoms with Crippen molar-refractivity contribution < 1.29 is 4.52 Å². The molecule has 2 rings (SSSR count). The zero-order valence-corrected chi connectivity index (χ0v) is 7.16. The molecule has 1 fully saturated rings. The van der Waals surface area contributed by atoms with E-state index in [1.807, 2.05) is 0 Å². The zero-order valence-electron chi connectivity index (χ0n) is 7.16. The van der Waals surface area contributed by atoms with Gasteiger partial charge < -0.3 is 10.3 Å². The summed E-state index contributed by atoms with van der Waals surface area (Å²) in [4.78, 5) is 4.25. The highest BCUT2D eigenvalue weighted by atomic mass is 16.5. The van der Waals surface area contributed by atoms with Gasteiger partial charge in [-0.15, -0.1) is 0 Å². The third-order valence-electron chi connectivity index (χ3n) is 2.28. The maximum absolute atomic E-state index is 5.37. The molecule has 1 saturated carbocycles. The van der Waals surface area contributed by atoms with Crippen LogP contribution in [0.15, 0.2) is 4.52 Å². The van der Waals surface area contributed by atoms with Gasteiger partial charge >= 0.3 is 0 Å². The first kappa shape index (κ1) is 7.73. The predicted molar refractivity (Wildman–Crippen MR) is 43.6 cm³/mol. The van der Waals surface area contributed by atoms with E-state index in [1.54, 1.807) is 0 Å². The maximum atomic E-state index is 5.37. The number of nitrogens with two attached hydrogens (primary N) is 1. The number of rotatable bonds is 3. The van der Waals surface area contributed by atoms with Crippen LogP contribution in [0.4, 0.5) is 0 Å². The molecule has 1 aliphatic carbocycles. The van der Waals surface area contributed by atoms with Crippen LogP contribution in [0, 0.1) is 5.92 Å². The highest BCUT2D eigenvalue weighted by molar-refractivity contribution is 5.05. The SMILES string of the molecule is CC1CC1c1nc(CCN)no1. The Morgan fingerprint density at radius 2 is 2.42 bits per heavy atom. The quantitative estimate of drug-likeness (QED) is 0.719. The molecule has 0 radical (unpaired) electrons. The molecule has 2 atom stereocenters. The van der Waals surface area contributed by atoms with Crippen molar-refractivity contribution >= 4 is 0 Å². The van der Waals surface area contributed by atoms with Gasteiger partial charge in [-0.2, -0.15) is 4.98 Å². The van der Waals surface area contributed by atoms with Crippen LogP contribution in [-0.4, -0.2) is 16.7 Å². The minimum atomic E-state index is 0.518. The molecule has 0 aromatic carbocycles. The van der Waals surface area contributed by atoms with E-state index in [-0.39, 0.29) is 0 Å². The Morgan fingerprint density at radius 1 is 1.67 bits per heavy atom. The molecule has 1 aromatic heterocycles. The number of hydrogen-bond donors (Lipinski definition) is 1. The minimum Gasteiger partial charge on any atom is -0.339 e. The minimum absolute atomic E-state index is 0.518. The Bertz CT molecular complexity index is 271. The van der Waals surface area contributed by atoms with Crippen LogP contribution in [0.25, 0.3) is 0 Å². The molecule has 0 amide bonds. The molecular weight excluding hydrogens is 154 g/mol. The molecule has 66 valence electrons. The summed E-state index contributed by atoms with van der Waals surface area (Å²) in [6.45, 7) is 2.77. The Kier molecular flexibility index (Phi) is 1.84. The van der Waals surface area contributed by atoms with Gasteiger partial charge in [0.25, 0.3) is 0 Å². The molecule has 0 aliphatic heterocycles. The van der Waals surface area contributed by atoms with Crippen molar-refractivity contribution in [1.82, 2.24) is 10.1 Å². The van der Waals surface area contributed by atoms with Crippen molar-refractivity contribution in [2.45, 2.75) is 25.7 Å². The van der Waals surface area contributed by atoms with Crippen LogP contribution in [0.2, 0.25) is 0 Å². The summed E-state index contributed by atoms with van der Waals surface area (Å²) in [7, 11) is 0. The van der Waals surface area contributed by atoms with Gasteiger partial charge in [-0.25, -0.2) is 0 Å². The predicted octanol–water partition coefficient (Wildman–Crippen LogP) is 0.694. The van der Waals surface area contributed by atoms with E-state index >= 15 is 0 Å². The zero-order chi connectivity index (χ0) is 8.55. The first-order chi connectivity index (χ1) is 5.81. The monoisotopic (exact) mass is 167 g/mol. The number of hydrogen-bond acceptors (Lipinski definition) is 4. The first-order valence-corrected chi connectivity index (χ1v) is 4.34. The number of nitrogens with zero attached hydrogens (tertiary/aromatic N) is 2. The van der Waals surface area contributed by atoms with Crippen molar-refractivity contribution in [2.24, 2.45) is 11.7 Å². The van der Waals surface area contributed by atoms with E-state index in [0.717, 1.165) is 17.6 Å². The van der Waals surface area contributed by atoms with Gasteiger partial charge in [-0.1, -0.05) is 12.1 Å². The summed E-state index contributed by atoms with van der Waals surface area (Å²) >= 11 is 0. The van der Waals surface area contributed by atoms with E-state index < -0.39 is 0 Å². The molecule has 1 aromatic rings. The molecular formula is C8H13N3O. The molecule has 2 unspecified atom stereocenters. The molecule has 0 saturated heterocycles. The molecule has 12 heavy (non-hydrogen) atoms. The molecule has 2 N–H and O–H groups in total. The van der Waals surface area contributed by atoms with Crippen molar-refractivity contribution in [3.8, 4) is 0 Å². The fraction of sp³-hybridized carbons (Fsp3) is 0.750. The Morgan fingerprint density at radius 3 is 3.00 bits per heavy atom. The topological polar surface area (TPSA) is 64.9 Å². The summed E-state index contributed by atoms with van der Waals surface area (Å²) < 4.78 is 5.09. The summed E-state index contributed by atoms with van der Waals surface area (Å²) in [6.07, 6.45) is 1.90. The van der Waals surface area contributed by atoms with Crippen molar-refractivity contribution in [1.29, 1.82) is 0 Å². The molecule has 4 nitrogen and oxygen atoms in total. The largest absolute Gasteiger partial charge is 0.339 e. The van der Waals surface area contributed by atoms with E-state index in [0.29, 0.717) is 18.9 Å². The maximum Gasteiger partial charge on any atom is 0.230 e. The van der Waals surface area contributed by atoms with Crippen LogP contribution in [-0.2, 0) is 6.42 Å². The fourth-order valence-electron chi connectivity index (χ4n) is 1.31. The van der Waals surface area contributed by atoms with Gasteiger partial charge in [0.2, 0.25) is 5.89 Å². The standard InChI is InChI=1S/C8H13N3O/c1-5-4-6(5)8-10-7(2-3-9)11-12-8/h5-6H,2-4,9H2,1H3. The summed E-state index contributed by atoms with van der Waals surface area (Å²) in [5.74, 6) is 2.78. The normalized spacial score (nSPS) is 27.5. The third-order valence-corrected chi connectivity index (χ3v) is 2.28. The smallest absolute Gasteiger partial charge is 0.230 e. The van der Waals surface area contributed by atoms with Crippen LogP contribution >= 0.6 is 0 Å². The molecule has 1 aliphatic rings. The van der Waals surface area contributed by atoms with Gasteiger partial charge in [-0.05, 0) is 18.9 Å². The number of aromatic nitrogens is 2. The van der Waals surface area contributed by atoms with Crippen molar-refractivity contribution in [3.63, 3.8) is 0 Å². The van der Waals surface area contributed by atoms with E-state index in [4.69, 9.17) is 10.3 Å². The second-order valence-electron chi connectivity index (χ2n) is 3.41. The fourth-order valence-corrected chi connectivity index (χ4v) is 1.31. The van der Waals surface area contributed by atoms with Crippen LogP contribution < -0.4 is 5.73 Å². The van der Waals surface area contributed by atoms with Crippen molar-refractivity contribution in [2.75, 3.05) is 6.54 Å². The lowest BCUT2D eigenvalue weighted by Crippen LogP contribution is -2.03. The van der Waals surface area contributed by atoms with E-state index in [2.05, 4.69) is 17.1 Å². The summed E-state index contributed by atoms with van der Waals surface area (Å²) in [6, 6.07) is 0. The Labute approximate surface area is 71.1 Å². The lowest BCUT2D eigenvalue weighted by molar-refractivity contribution is 0.371. The Balaban J connectivity index is 2.04. The van der Waals surface area contributed by atoms with Gasteiger partial charge in [0.1, 0.15) is 0 Å². The van der Waals surface area contributed by atoms with Gasteiger partial charge in [0.15, 0.2) is 5.82 Å². The molecule has 1 heterocycles. The average molecular weight is 167 g/mol. The van der Waals surface area contributed by atoms with Crippen LogP contribution in [0.1, 0.15) is 31.0 Å². The van der Waals surface area contributed by atoms with Crippen LogP contribution in [0.3, 0.4) is 0 Å². The lowest BCUT2D eigenvalue weighted by atomic mass is 10.3. The second-order valence-corrected chi connectivity index (χ2v) is 3.41. The Hall–Kier alpha value is -0.900. The highest BCUT2D eigenvalue weighted by Gasteiger charge is 2.38. The van der Waals surface area contributed by atoms with Crippen LogP contribution in [0.5, 0.6) is 0 Å². The highest BCUT2D eigenvalue weighted by Crippen LogP contribution is 2.45. The van der Waals surface area contributed by atoms with E-state index in [1.165, 1.54) is 6.42 Å².